The predicted octanol–water partition coefficient (Wildman–Crippen LogP) is 3.98. The van der Waals surface area contributed by atoms with Gasteiger partial charge in [-0.15, -0.1) is 0 Å². The highest BCUT2D eigenvalue weighted by Crippen LogP contribution is 2.24. The van der Waals surface area contributed by atoms with Crippen LogP contribution in [0.25, 0.3) is 5.69 Å². The van der Waals surface area contributed by atoms with Crippen LogP contribution in [-0.2, 0) is 6.42 Å². The third-order valence-electron chi connectivity index (χ3n) is 3.64. The average molecular weight is 242 g/mol. The molecule has 2 heteroatoms. The first-order chi connectivity index (χ1) is 8.45. The lowest BCUT2D eigenvalue weighted by atomic mass is 10.0. The van der Waals surface area contributed by atoms with E-state index in [1.54, 1.807) is 0 Å². The van der Waals surface area contributed by atoms with E-state index in [1.807, 2.05) is 0 Å². The highest BCUT2D eigenvalue weighted by Gasteiger charge is 2.14. The van der Waals surface area contributed by atoms with E-state index in [1.165, 1.54) is 33.6 Å². The number of hydrogen-bond donors (Lipinski definition) is 0. The summed E-state index contributed by atoms with van der Waals surface area (Å²) < 4.78 is 2.11. The Hall–Kier alpha value is -1.57. The van der Waals surface area contributed by atoms with Crippen molar-refractivity contribution in [2.45, 2.75) is 48.0 Å². The second-order valence-electron chi connectivity index (χ2n) is 5.16. The topological polar surface area (TPSA) is 17.8 Å². The molecule has 1 heterocycles. The molecule has 2 aromatic rings. The van der Waals surface area contributed by atoms with Gasteiger partial charge < -0.3 is 0 Å². The van der Waals surface area contributed by atoms with Crippen LogP contribution in [0, 0.1) is 34.6 Å². The molecular weight excluding hydrogens is 220 g/mol. The zero-order chi connectivity index (χ0) is 13.4. The van der Waals surface area contributed by atoms with Crippen molar-refractivity contribution in [3.05, 3.63) is 45.8 Å². The van der Waals surface area contributed by atoms with Crippen LogP contribution in [0.15, 0.2) is 12.1 Å². The van der Waals surface area contributed by atoms with Gasteiger partial charge in [-0.1, -0.05) is 24.6 Å². The van der Waals surface area contributed by atoms with Crippen molar-refractivity contribution in [2.24, 2.45) is 0 Å². The number of aromatic nitrogens is 2. The van der Waals surface area contributed by atoms with Crippen molar-refractivity contribution in [2.75, 3.05) is 0 Å². The first kappa shape index (κ1) is 12.9. The van der Waals surface area contributed by atoms with Crippen LogP contribution in [0.1, 0.15) is 40.6 Å². The maximum absolute atomic E-state index is 4.72. The van der Waals surface area contributed by atoms with Gasteiger partial charge in [-0.05, 0) is 57.7 Å². The van der Waals surface area contributed by atoms with Gasteiger partial charge in [0.25, 0.3) is 0 Å². The Bertz CT molecular complexity index is 568. The van der Waals surface area contributed by atoms with Gasteiger partial charge in [-0.25, -0.2) is 4.68 Å². The third kappa shape index (κ3) is 1.96. The minimum Gasteiger partial charge on any atom is -0.237 e. The van der Waals surface area contributed by atoms with E-state index in [0.29, 0.717) is 0 Å². The summed E-state index contributed by atoms with van der Waals surface area (Å²) in [4.78, 5) is 0. The van der Waals surface area contributed by atoms with Crippen LogP contribution < -0.4 is 0 Å². The maximum atomic E-state index is 4.72. The van der Waals surface area contributed by atoms with Gasteiger partial charge in [0.15, 0.2) is 0 Å². The molecule has 0 radical (unpaired) electrons. The van der Waals surface area contributed by atoms with Crippen molar-refractivity contribution >= 4 is 0 Å². The van der Waals surface area contributed by atoms with Crippen LogP contribution in [0.3, 0.4) is 0 Å². The molecule has 0 fully saturated rings. The summed E-state index contributed by atoms with van der Waals surface area (Å²) in [5.41, 5.74) is 8.92. The molecule has 0 spiro atoms. The molecule has 0 saturated carbocycles. The summed E-state index contributed by atoms with van der Waals surface area (Å²) in [6.45, 7) is 12.9. The summed E-state index contributed by atoms with van der Waals surface area (Å²) in [6, 6.07) is 4.45. The van der Waals surface area contributed by atoms with E-state index in [4.69, 9.17) is 5.10 Å². The van der Waals surface area contributed by atoms with Gasteiger partial charge in [0, 0.05) is 5.69 Å². The third-order valence-corrected chi connectivity index (χ3v) is 3.64. The van der Waals surface area contributed by atoms with Crippen LogP contribution in [0.2, 0.25) is 0 Å². The van der Waals surface area contributed by atoms with Crippen molar-refractivity contribution in [3.63, 3.8) is 0 Å². The van der Waals surface area contributed by atoms with E-state index in [0.717, 1.165) is 12.1 Å². The molecule has 18 heavy (non-hydrogen) atoms. The Morgan fingerprint density at radius 2 is 1.56 bits per heavy atom. The molecule has 0 bridgehead atoms. The minimum absolute atomic E-state index is 1.04. The van der Waals surface area contributed by atoms with Gasteiger partial charge in [-0.3, -0.25) is 0 Å². The first-order valence-corrected chi connectivity index (χ1v) is 6.59. The molecule has 96 valence electrons. The average Bonchev–Trinajstić information content (AvgIpc) is 2.53. The molecule has 2 rings (SSSR count). The standard InChI is InChI=1S/C16H22N2/c1-7-15-13(5)17-18(14(15)6)16-11(3)8-10(2)9-12(16)4/h8-9H,7H2,1-6H3. The van der Waals surface area contributed by atoms with E-state index in [9.17, 15) is 0 Å². The summed E-state index contributed by atoms with van der Waals surface area (Å²) in [5, 5.41) is 4.72. The molecule has 0 amide bonds. The second-order valence-corrected chi connectivity index (χ2v) is 5.16. The van der Waals surface area contributed by atoms with E-state index in [2.05, 4.69) is 58.4 Å². The Morgan fingerprint density at radius 3 is 2.00 bits per heavy atom. The molecule has 0 aliphatic heterocycles. The van der Waals surface area contributed by atoms with E-state index in [-0.39, 0.29) is 0 Å². The smallest absolute Gasteiger partial charge is 0.0707 e. The van der Waals surface area contributed by atoms with Gasteiger partial charge >= 0.3 is 0 Å². The summed E-state index contributed by atoms with van der Waals surface area (Å²) in [7, 11) is 0. The van der Waals surface area contributed by atoms with Crippen LogP contribution in [0.4, 0.5) is 0 Å². The Balaban J connectivity index is 2.70. The largest absolute Gasteiger partial charge is 0.237 e. The Kier molecular flexibility index (Phi) is 3.29. The number of hydrogen-bond acceptors (Lipinski definition) is 1. The molecule has 1 aromatic heterocycles. The monoisotopic (exact) mass is 242 g/mol. The van der Waals surface area contributed by atoms with Gasteiger partial charge in [0.05, 0.1) is 11.4 Å². The van der Waals surface area contributed by atoms with E-state index < -0.39 is 0 Å². The lowest BCUT2D eigenvalue weighted by Crippen LogP contribution is -2.05. The Labute approximate surface area is 110 Å². The first-order valence-electron chi connectivity index (χ1n) is 6.59. The van der Waals surface area contributed by atoms with Crippen molar-refractivity contribution in [1.29, 1.82) is 0 Å². The zero-order valence-electron chi connectivity index (χ0n) is 12.3. The summed E-state index contributed by atoms with van der Waals surface area (Å²) in [5.74, 6) is 0. The number of nitrogens with zero attached hydrogens (tertiary/aromatic N) is 2. The molecular formula is C16H22N2. The summed E-state index contributed by atoms with van der Waals surface area (Å²) >= 11 is 0. The quantitative estimate of drug-likeness (QED) is 0.779. The zero-order valence-corrected chi connectivity index (χ0v) is 12.3. The molecule has 0 aliphatic carbocycles. The maximum Gasteiger partial charge on any atom is 0.0707 e. The van der Waals surface area contributed by atoms with Crippen molar-refractivity contribution < 1.29 is 0 Å². The molecule has 1 aromatic carbocycles. The molecule has 2 nitrogen and oxygen atoms in total. The lowest BCUT2D eigenvalue weighted by molar-refractivity contribution is 0.819. The van der Waals surface area contributed by atoms with Crippen LogP contribution >= 0.6 is 0 Å². The van der Waals surface area contributed by atoms with Crippen LogP contribution in [0.5, 0.6) is 0 Å². The van der Waals surface area contributed by atoms with Crippen LogP contribution in [-0.4, -0.2) is 9.78 Å². The second kappa shape index (κ2) is 4.60. The van der Waals surface area contributed by atoms with Gasteiger partial charge in [0.2, 0.25) is 0 Å². The number of benzene rings is 1. The molecule has 0 N–H and O–H groups in total. The number of rotatable bonds is 2. The fourth-order valence-corrected chi connectivity index (χ4v) is 2.91. The highest BCUT2D eigenvalue weighted by molar-refractivity contribution is 5.50. The van der Waals surface area contributed by atoms with Gasteiger partial charge in [0.1, 0.15) is 0 Å². The molecule has 0 aliphatic rings. The highest BCUT2D eigenvalue weighted by atomic mass is 15.3. The molecule has 0 saturated heterocycles. The normalized spacial score (nSPS) is 11.0. The number of aryl methyl sites for hydroxylation is 4. The molecule has 0 unspecified atom stereocenters. The minimum atomic E-state index is 1.04. The van der Waals surface area contributed by atoms with Crippen molar-refractivity contribution in [3.8, 4) is 5.69 Å². The summed E-state index contributed by atoms with van der Waals surface area (Å²) in [6.07, 6.45) is 1.04. The SMILES string of the molecule is CCc1c(C)nn(-c2c(C)cc(C)cc2C)c1C. The fourth-order valence-electron chi connectivity index (χ4n) is 2.91. The Morgan fingerprint density at radius 1 is 1.00 bits per heavy atom. The fraction of sp³-hybridized carbons (Fsp3) is 0.438. The van der Waals surface area contributed by atoms with Crippen molar-refractivity contribution in [1.82, 2.24) is 9.78 Å². The predicted molar refractivity (Wildman–Crippen MR) is 76.6 cm³/mol. The van der Waals surface area contributed by atoms with Gasteiger partial charge in [-0.2, -0.15) is 5.10 Å². The molecule has 0 atom stereocenters. The van der Waals surface area contributed by atoms with E-state index >= 15 is 0 Å². The lowest BCUT2D eigenvalue weighted by Gasteiger charge is -2.13.